The second-order valence-corrected chi connectivity index (χ2v) is 5.55. The zero-order valence-corrected chi connectivity index (χ0v) is 11.0. The summed E-state index contributed by atoms with van der Waals surface area (Å²) in [4.78, 5) is 23.5. The van der Waals surface area contributed by atoms with Crippen LogP contribution < -0.4 is 10.6 Å². The number of piperidine rings is 1. The van der Waals surface area contributed by atoms with Gasteiger partial charge >= 0.3 is 0 Å². The second kappa shape index (κ2) is 5.69. The Labute approximate surface area is 108 Å². The average molecular weight is 254 g/mol. The minimum Gasteiger partial charge on any atom is -0.381 e. The summed E-state index contributed by atoms with van der Waals surface area (Å²) in [6.45, 7) is 3.88. The first-order valence-corrected chi connectivity index (χ1v) is 6.75. The van der Waals surface area contributed by atoms with E-state index < -0.39 is 5.41 Å². The van der Waals surface area contributed by atoms with E-state index in [0.717, 1.165) is 32.5 Å². The molecule has 0 bridgehead atoms. The van der Waals surface area contributed by atoms with E-state index in [2.05, 4.69) is 10.6 Å². The molecule has 0 spiro atoms. The standard InChI is InChI=1S/C13H22N2O3/c1-13(6-4-11(16)14-9-13)12(17)15-10-3-2-7-18-8-5-10/h10H,2-9H2,1H3,(H,14,16)(H,15,17)/t10-,13+/m0/s1. The Morgan fingerprint density at radius 3 is 3.00 bits per heavy atom. The molecule has 2 rings (SSSR count). The van der Waals surface area contributed by atoms with Crippen LogP contribution in [0.2, 0.25) is 0 Å². The minimum atomic E-state index is -0.457. The highest BCUT2D eigenvalue weighted by molar-refractivity contribution is 5.86. The Morgan fingerprint density at radius 2 is 2.28 bits per heavy atom. The molecular weight excluding hydrogens is 232 g/mol. The Balaban J connectivity index is 1.88. The summed E-state index contributed by atoms with van der Waals surface area (Å²) in [5.41, 5.74) is -0.457. The van der Waals surface area contributed by atoms with E-state index >= 15 is 0 Å². The Morgan fingerprint density at radius 1 is 1.44 bits per heavy atom. The molecular formula is C13H22N2O3. The highest BCUT2D eigenvalue weighted by atomic mass is 16.5. The molecule has 102 valence electrons. The molecule has 0 aromatic heterocycles. The fourth-order valence-corrected chi connectivity index (χ4v) is 2.46. The quantitative estimate of drug-likeness (QED) is 0.758. The van der Waals surface area contributed by atoms with Crippen LogP contribution in [-0.2, 0) is 14.3 Å². The van der Waals surface area contributed by atoms with Crippen molar-refractivity contribution in [2.24, 2.45) is 5.41 Å². The lowest BCUT2D eigenvalue weighted by Gasteiger charge is -2.33. The van der Waals surface area contributed by atoms with E-state index in [1.165, 1.54) is 0 Å². The molecule has 5 heteroatoms. The van der Waals surface area contributed by atoms with Crippen LogP contribution in [0, 0.1) is 5.41 Å². The number of hydrogen-bond donors (Lipinski definition) is 2. The number of ether oxygens (including phenoxy) is 1. The number of amides is 2. The average Bonchev–Trinajstić information content (AvgIpc) is 2.62. The van der Waals surface area contributed by atoms with Gasteiger partial charge in [-0.1, -0.05) is 0 Å². The van der Waals surface area contributed by atoms with Crippen LogP contribution in [0.1, 0.15) is 39.0 Å². The van der Waals surface area contributed by atoms with Crippen molar-refractivity contribution in [1.29, 1.82) is 0 Å². The highest BCUT2D eigenvalue weighted by Gasteiger charge is 2.37. The topological polar surface area (TPSA) is 67.4 Å². The van der Waals surface area contributed by atoms with Gasteiger partial charge < -0.3 is 15.4 Å². The number of rotatable bonds is 2. The lowest BCUT2D eigenvalue weighted by molar-refractivity contribution is -0.135. The van der Waals surface area contributed by atoms with Gasteiger partial charge in [-0.15, -0.1) is 0 Å². The van der Waals surface area contributed by atoms with Crippen molar-refractivity contribution in [3.63, 3.8) is 0 Å². The SMILES string of the molecule is C[C@@]1(C(=O)N[C@H]2CCCOCC2)CCC(=O)NC1. The summed E-state index contributed by atoms with van der Waals surface area (Å²) in [6.07, 6.45) is 3.94. The first kappa shape index (κ1) is 13.3. The first-order valence-electron chi connectivity index (χ1n) is 6.75. The molecule has 18 heavy (non-hydrogen) atoms. The Bertz CT molecular complexity index is 312. The Kier molecular flexibility index (Phi) is 4.22. The van der Waals surface area contributed by atoms with Crippen LogP contribution in [0.4, 0.5) is 0 Å². The van der Waals surface area contributed by atoms with Gasteiger partial charge in [0.2, 0.25) is 11.8 Å². The van der Waals surface area contributed by atoms with E-state index in [0.29, 0.717) is 19.4 Å². The molecule has 2 fully saturated rings. The largest absolute Gasteiger partial charge is 0.381 e. The third-order valence-electron chi connectivity index (χ3n) is 3.91. The molecule has 2 atom stereocenters. The summed E-state index contributed by atoms with van der Waals surface area (Å²) in [6, 6.07) is 0.217. The van der Waals surface area contributed by atoms with Crippen molar-refractivity contribution in [2.45, 2.75) is 45.1 Å². The summed E-state index contributed by atoms with van der Waals surface area (Å²) in [5.74, 6) is 0.109. The minimum absolute atomic E-state index is 0.0446. The lowest BCUT2D eigenvalue weighted by atomic mass is 9.81. The van der Waals surface area contributed by atoms with Crippen LogP contribution in [0.15, 0.2) is 0 Å². The zero-order chi connectivity index (χ0) is 13.0. The van der Waals surface area contributed by atoms with Gasteiger partial charge in [0.25, 0.3) is 0 Å². The van der Waals surface area contributed by atoms with Gasteiger partial charge in [0.15, 0.2) is 0 Å². The van der Waals surface area contributed by atoms with Gasteiger partial charge in [0.1, 0.15) is 0 Å². The molecule has 5 nitrogen and oxygen atoms in total. The fourth-order valence-electron chi connectivity index (χ4n) is 2.46. The van der Waals surface area contributed by atoms with Crippen molar-refractivity contribution < 1.29 is 14.3 Å². The van der Waals surface area contributed by atoms with Crippen LogP contribution in [-0.4, -0.2) is 37.6 Å². The molecule has 0 radical (unpaired) electrons. The fraction of sp³-hybridized carbons (Fsp3) is 0.846. The van der Waals surface area contributed by atoms with Crippen molar-refractivity contribution in [3.05, 3.63) is 0 Å². The third-order valence-corrected chi connectivity index (χ3v) is 3.91. The maximum Gasteiger partial charge on any atom is 0.227 e. The van der Waals surface area contributed by atoms with Crippen molar-refractivity contribution in [3.8, 4) is 0 Å². The number of carbonyl (C=O) groups excluding carboxylic acids is 2. The summed E-state index contributed by atoms with van der Waals surface area (Å²) < 4.78 is 5.38. The number of hydrogen-bond acceptors (Lipinski definition) is 3. The summed E-state index contributed by atoms with van der Waals surface area (Å²) in [7, 11) is 0. The maximum absolute atomic E-state index is 12.3. The van der Waals surface area contributed by atoms with E-state index in [1.807, 2.05) is 6.92 Å². The number of nitrogens with one attached hydrogen (secondary N) is 2. The van der Waals surface area contributed by atoms with Gasteiger partial charge in [-0.3, -0.25) is 9.59 Å². The second-order valence-electron chi connectivity index (χ2n) is 5.55. The van der Waals surface area contributed by atoms with E-state index in [1.54, 1.807) is 0 Å². The van der Waals surface area contributed by atoms with Crippen LogP contribution >= 0.6 is 0 Å². The molecule has 2 N–H and O–H groups in total. The molecule has 0 unspecified atom stereocenters. The number of carbonyl (C=O) groups is 2. The molecule has 2 amide bonds. The third kappa shape index (κ3) is 3.22. The van der Waals surface area contributed by atoms with Gasteiger partial charge in [0.05, 0.1) is 5.41 Å². The maximum atomic E-state index is 12.3. The summed E-state index contributed by atoms with van der Waals surface area (Å²) >= 11 is 0. The molecule has 0 saturated carbocycles. The van der Waals surface area contributed by atoms with E-state index in [9.17, 15) is 9.59 Å². The van der Waals surface area contributed by atoms with Crippen LogP contribution in [0.3, 0.4) is 0 Å². The van der Waals surface area contributed by atoms with E-state index in [4.69, 9.17) is 4.74 Å². The zero-order valence-electron chi connectivity index (χ0n) is 11.0. The smallest absolute Gasteiger partial charge is 0.227 e. The van der Waals surface area contributed by atoms with Crippen molar-refractivity contribution in [2.75, 3.05) is 19.8 Å². The summed E-state index contributed by atoms with van der Waals surface area (Å²) in [5, 5.41) is 5.89. The van der Waals surface area contributed by atoms with Gasteiger partial charge in [-0.05, 0) is 32.6 Å². The molecule has 2 heterocycles. The normalized spacial score (nSPS) is 33.4. The predicted octanol–water partition coefficient (Wildman–Crippen LogP) is 0.588. The van der Waals surface area contributed by atoms with Gasteiger partial charge in [-0.25, -0.2) is 0 Å². The Hall–Kier alpha value is -1.10. The van der Waals surface area contributed by atoms with E-state index in [-0.39, 0.29) is 17.9 Å². The highest BCUT2D eigenvalue weighted by Crippen LogP contribution is 2.26. The molecule has 2 aliphatic heterocycles. The van der Waals surface area contributed by atoms with Crippen LogP contribution in [0.5, 0.6) is 0 Å². The first-order chi connectivity index (χ1) is 8.60. The van der Waals surface area contributed by atoms with Crippen LogP contribution in [0.25, 0.3) is 0 Å². The predicted molar refractivity (Wildman–Crippen MR) is 67.0 cm³/mol. The molecule has 0 aromatic carbocycles. The van der Waals surface area contributed by atoms with Crippen molar-refractivity contribution >= 4 is 11.8 Å². The lowest BCUT2D eigenvalue weighted by Crippen LogP contribution is -2.52. The monoisotopic (exact) mass is 254 g/mol. The van der Waals surface area contributed by atoms with Crippen molar-refractivity contribution in [1.82, 2.24) is 10.6 Å². The molecule has 0 aliphatic carbocycles. The molecule has 0 aromatic rings. The van der Waals surface area contributed by atoms with Gasteiger partial charge in [-0.2, -0.15) is 0 Å². The molecule has 2 saturated heterocycles. The van der Waals surface area contributed by atoms with Gasteiger partial charge in [0, 0.05) is 32.2 Å². The molecule has 2 aliphatic rings.